The normalized spacial score (nSPS) is 28.0. The van der Waals surface area contributed by atoms with Gasteiger partial charge in [0.15, 0.2) is 5.78 Å². The summed E-state index contributed by atoms with van der Waals surface area (Å²) in [4.78, 5) is 46.1. The van der Waals surface area contributed by atoms with E-state index in [1.54, 1.807) is 18.2 Å². The molecule has 0 saturated carbocycles. The van der Waals surface area contributed by atoms with Crippen LogP contribution in [0.25, 0.3) is 0 Å². The molecule has 4 atom stereocenters. The topological polar surface area (TPSA) is 87.7 Å². The Labute approximate surface area is 237 Å². The number of ether oxygens (including phenoxy) is 1. The van der Waals surface area contributed by atoms with Crippen LogP contribution in [0.5, 0.6) is 5.75 Å². The molecule has 0 bridgehead atoms. The third-order valence-corrected chi connectivity index (χ3v) is 9.75. The lowest BCUT2D eigenvalue weighted by Gasteiger charge is -2.43. The Kier molecular flexibility index (Phi) is 5.64. The number of amides is 2. The van der Waals surface area contributed by atoms with Gasteiger partial charge in [-0.15, -0.1) is 0 Å². The molecule has 0 radical (unpaired) electrons. The van der Waals surface area contributed by atoms with Crippen LogP contribution in [0.2, 0.25) is 5.02 Å². The Morgan fingerprint density at radius 2 is 1.88 bits per heavy atom. The van der Waals surface area contributed by atoms with E-state index in [2.05, 4.69) is 15.5 Å². The molecule has 3 aromatic carbocycles. The molecule has 4 heterocycles. The molecule has 40 heavy (non-hydrogen) atoms. The summed E-state index contributed by atoms with van der Waals surface area (Å²) < 4.78 is 5.85. The first-order chi connectivity index (χ1) is 19.4. The van der Waals surface area contributed by atoms with E-state index in [0.29, 0.717) is 58.4 Å². The Morgan fingerprint density at radius 3 is 2.70 bits per heavy atom. The summed E-state index contributed by atoms with van der Waals surface area (Å²) in [6.45, 7) is 5.04. The number of para-hydroxylation sites is 1. The fourth-order valence-corrected chi connectivity index (χ4v) is 8.06. The van der Waals surface area contributed by atoms with Crippen LogP contribution in [0.4, 0.5) is 11.4 Å². The monoisotopic (exact) mass is 555 g/mol. The molecule has 204 valence electrons. The second-order valence-electron chi connectivity index (χ2n) is 11.2. The first-order valence-corrected chi connectivity index (χ1v) is 14.3. The third kappa shape index (κ3) is 2.97. The van der Waals surface area contributed by atoms with Gasteiger partial charge in [-0.05, 0) is 68.1 Å². The van der Waals surface area contributed by atoms with E-state index in [1.807, 2.05) is 56.3 Å². The quantitative estimate of drug-likeness (QED) is 0.409. The van der Waals surface area contributed by atoms with E-state index < -0.39 is 16.9 Å². The molecular formula is C32H30ClN3O4. The van der Waals surface area contributed by atoms with Gasteiger partial charge in [-0.3, -0.25) is 19.3 Å². The molecular weight excluding hydrogens is 526 g/mol. The van der Waals surface area contributed by atoms with Crippen LogP contribution >= 0.6 is 11.6 Å². The fraction of sp³-hybridized carbons (Fsp3) is 0.344. The maximum atomic E-state index is 14.8. The molecule has 0 aliphatic carbocycles. The molecule has 4 aliphatic heterocycles. The number of halogens is 1. The Balaban J connectivity index is 1.52. The van der Waals surface area contributed by atoms with Gasteiger partial charge in [-0.1, -0.05) is 54.9 Å². The lowest BCUT2D eigenvalue weighted by atomic mass is 9.57. The third-order valence-electron chi connectivity index (χ3n) is 9.34. The molecule has 2 amide bonds. The van der Waals surface area contributed by atoms with Crippen molar-refractivity contribution in [1.82, 2.24) is 4.90 Å². The molecule has 4 aliphatic rings. The van der Waals surface area contributed by atoms with Crippen LogP contribution in [0.3, 0.4) is 0 Å². The molecule has 2 fully saturated rings. The maximum absolute atomic E-state index is 14.8. The number of carbonyl (C=O) groups is 3. The van der Waals surface area contributed by atoms with Gasteiger partial charge in [-0.2, -0.15) is 0 Å². The molecule has 0 unspecified atom stereocenters. The fourth-order valence-electron chi connectivity index (χ4n) is 7.90. The molecule has 7 rings (SSSR count). The van der Waals surface area contributed by atoms with Gasteiger partial charge in [0, 0.05) is 27.9 Å². The summed E-state index contributed by atoms with van der Waals surface area (Å²) in [6, 6.07) is 18.0. The van der Waals surface area contributed by atoms with Crippen molar-refractivity contribution in [3.63, 3.8) is 0 Å². The lowest BCUT2D eigenvalue weighted by Crippen LogP contribution is -2.62. The van der Waals surface area contributed by atoms with Gasteiger partial charge >= 0.3 is 0 Å². The van der Waals surface area contributed by atoms with Gasteiger partial charge in [0.25, 0.3) is 5.91 Å². The van der Waals surface area contributed by atoms with Crippen LogP contribution in [0, 0.1) is 12.8 Å². The van der Waals surface area contributed by atoms with Crippen molar-refractivity contribution in [2.45, 2.75) is 50.1 Å². The van der Waals surface area contributed by atoms with Crippen LogP contribution < -0.4 is 15.4 Å². The number of carbonyl (C=O) groups excluding carboxylic acids is 3. The van der Waals surface area contributed by atoms with E-state index in [9.17, 15) is 14.4 Å². The number of benzene rings is 3. The zero-order chi connectivity index (χ0) is 27.8. The predicted molar refractivity (Wildman–Crippen MR) is 153 cm³/mol. The number of rotatable bonds is 5. The van der Waals surface area contributed by atoms with Crippen LogP contribution in [0.1, 0.15) is 53.2 Å². The first kappa shape index (κ1) is 25.3. The summed E-state index contributed by atoms with van der Waals surface area (Å²) in [5.74, 6) is -0.956. The average Bonchev–Trinajstić information content (AvgIpc) is 3.68. The van der Waals surface area contributed by atoms with Crippen molar-refractivity contribution in [3.8, 4) is 5.75 Å². The van der Waals surface area contributed by atoms with Crippen molar-refractivity contribution in [3.05, 3.63) is 87.9 Å². The Bertz CT molecular complexity index is 1600. The highest BCUT2D eigenvalue weighted by Gasteiger charge is 2.81. The largest absolute Gasteiger partial charge is 0.494 e. The summed E-state index contributed by atoms with van der Waals surface area (Å²) in [7, 11) is 0. The van der Waals surface area contributed by atoms with Gasteiger partial charge in [0.2, 0.25) is 5.91 Å². The average molecular weight is 556 g/mol. The molecule has 0 aromatic heterocycles. The molecule has 2 spiro atoms. The minimum atomic E-state index is -1.48. The number of hydrogen-bond acceptors (Lipinski definition) is 5. The first-order valence-electron chi connectivity index (χ1n) is 13.9. The SMILES string of the molecule is CCCOc1cccc(C(=O)[C@@H]2[C@@H]3CCCN3[C@]3(C(=O)Nc4c3ccc(Cl)c4C)[C@]23C(=O)Nc2ccccc23)c1. The standard InChI is InChI=1S/C32H30ClN3O4/c1-3-16-40-20-9-6-8-19(17-20)28(37)26-25-12-7-15-36(25)32(22-13-14-23(33)18(2)27(22)35-30(32)39)31(26)21-10-4-5-11-24(21)34-29(31)38/h4-6,8-11,13-14,17,25-26H,3,7,12,15-16H2,1-2H3,(H,34,38)(H,35,39)/t25-,26-,31-,32+/m0/s1. The highest BCUT2D eigenvalue weighted by atomic mass is 35.5. The number of hydrogen-bond donors (Lipinski definition) is 2. The number of fused-ring (bicyclic) bond motifs is 7. The molecule has 7 nitrogen and oxygen atoms in total. The van der Waals surface area contributed by atoms with E-state index in [1.165, 1.54) is 0 Å². The Morgan fingerprint density at radius 1 is 1.05 bits per heavy atom. The smallest absolute Gasteiger partial charge is 0.251 e. The lowest BCUT2D eigenvalue weighted by molar-refractivity contribution is -0.137. The number of ketones is 1. The second kappa shape index (κ2) is 8.91. The summed E-state index contributed by atoms with van der Waals surface area (Å²) in [5.41, 5.74) is 0.978. The maximum Gasteiger partial charge on any atom is 0.251 e. The van der Waals surface area contributed by atoms with Gasteiger partial charge in [0.1, 0.15) is 16.7 Å². The Hall–Kier alpha value is -3.68. The van der Waals surface area contributed by atoms with Crippen molar-refractivity contribution in [2.24, 2.45) is 5.92 Å². The molecule has 8 heteroatoms. The zero-order valence-electron chi connectivity index (χ0n) is 22.4. The second-order valence-corrected chi connectivity index (χ2v) is 11.6. The molecule has 2 saturated heterocycles. The molecule has 2 N–H and O–H groups in total. The van der Waals surface area contributed by atoms with Crippen molar-refractivity contribution >= 4 is 40.6 Å². The van der Waals surface area contributed by atoms with E-state index in [-0.39, 0.29) is 23.6 Å². The minimum Gasteiger partial charge on any atom is -0.494 e. The van der Waals surface area contributed by atoms with E-state index in [0.717, 1.165) is 18.4 Å². The summed E-state index contributed by atoms with van der Waals surface area (Å²) >= 11 is 6.51. The number of nitrogens with zero attached hydrogens (tertiary/aromatic N) is 1. The van der Waals surface area contributed by atoms with Gasteiger partial charge in [-0.25, -0.2) is 0 Å². The highest BCUT2D eigenvalue weighted by Crippen LogP contribution is 2.68. The van der Waals surface area contributed by atoms with E-state index >= 15 is 0 Å². The van der Waals surface area contributed by atoms with Crippen molar-refractivity contribution in [1.29, 1.82) is 0 Å². The van der Waals surface area contributed by atoms with Gasteiger partial charge < -0.3 is 15.4 Å². The highest BCUT2D eigenvalue weighted by molar-refractivity contribution is 6.32. The van der Waals surface area contributed by atoms with E-state index in [4.69, 9.17) is 16.3 Å². The van der Waals surface area contributed by atoms with Crippen molar-refractivity contribution < 1.29 is 19.1 Å². The number of nitrogens with one attached hydrogen (secondary N) is 2. The minimum absolute atomic E-state index is 0.158. The number of Topliss-reactive ketones (excluding diaryl/α,β-unsaturated/α-hetero) is 1. The number of anilines is 2. The summed E-state index contributed by atoms with van der Waals surface area (Å²) in [6.07, 6.45) is 2.37. The van der Waals surface area contributed by atoms with Crippen LogP contribution in [-0.4, -0.2) is 41.7 Å². The zero-order valence-corrected chi connectivity index (χ0v) is 23.2. The predicted octanol–water partition coefficient (Wildman–Crippen LogP) is 5.45. The summed E-state index contributed by atoms with van der Waals surface area (Å²) in [5, 5.41) is 6.72. The van der Waals surface area contributed by atoms with Crippen LogP contribution in [-0.2, 0) is 20.5 Å². The van der Waals surface area contributed by atoms with Gasteiger partial charge in [0.05, 0.1) is 18.2 Å². The molecule has 3 aromatic rings. The van der Waals surface area contributed by atoms with Crippen LogP contribution in [0.15, 0.2) is 60.7 Å². The van der Waals surface area contributed by atoms with Crippen molar-refractivity contribution in [2.75, 3.05) is 23.8 Å².